The lowest BCUT2D eigenvalue weighted by Gasteiger charge is -2.39. The van der Waals surface area contributed by atoms with Gasteiger partial charge in [0, 0.05) is 18.0 Å². The lowest BCUT2D eigenvalue weighted by molar-refractivity contribution is -0.140. The Hall–Kier alpha value is -2.67. The molecule has 7 heteroatoms. The first-order chi connectivity index (χ1) is 15.7. The Morgan fingerprint density at radius 1 is 1.06 bits per heavy atom. The Morgan fingerprint density at radius 2 is 1.62 bits per heavy atom. The van der Waals surface area contributed by atoms with Gasteiger partial charge in [0.25, 0.3) is 0 Å². The predicted octanol–water partition coefficient (Wildman–Crippen LogP) is 3.74. The Bertz CT molecular complexity index is 872. The van der Waals surface area contributed by atoms with Gasteiger partial charge < -0.3 is 20.6 Å². The molecule has 0 spiro atoms. The van der Waals surface area contributed by atoms with Crippen LogP contribution < -0.4 is 10.6 Å². The van der Waals surface area contributed by atoms with Crippen molar-refractivity contribution in [1.29, 1.82) is 0 Å². The summed E-state index contributed by atoms with van der Waals surface area (Å²) in [5, 5.41) is 15.4. The molecular formula is C27H43N3O4. The van der Waals surface area contributed by atoms with Crippen molar-refractivity contribution >= 4 is 17.8 Å². The van der Waals surface area contributed by atoms with Gasteiger partial charge in [-0.2, -0.15) is 0 Å². The summed E-state index contributed by atoms with van der Waals surface area (Å²) in [7, 11) is 3.41. The van der Waals surface area contributed by atoms with Gasteiger partial charge in [-0.05, 0) is 31.4 Å². The third-order valence-corrected chi connectivity index (χ3v) is 6.40. The van der Waals surface area contributed by atoms with Gasteiger partial charge in [0.15, 0.2) is 0 Å². The van der Waals surface area contributed by atoms with Crippen LogP contribution in [0.5, 0.6) is 0 Å². The van der Waals surface area contributed by atoms with Gasteiger partial charge in [0.1, 0.15) is 6.04 Å². The molecule has 0 aliphatic heterocycles. The van der Waals surface area contributed by atoms with Crippen molar-refractivity contribution in [3.05, 3.63) is 47.5 Å². The van der Waals surface area contributed by atoms with Gasteiger partial charge in [0.2, 0.25) is 11.8 Å². The largest absolute Gasteiger partial charge is 0.478 e. The second-order valence-electron chi connectivity index (χ2n) is 10.6. The highest BCUT2D eigenvalue weighted by Gasteiger charge is 2.41. The molecule has 190 valence electrons. The van der Waals surface area contributed by atoms with Crippen molar-refractivity contribution in [2.75, 3.05) is 14.1 Å². The Labute approximate surface area is 205 Å². The molecule has 34 heavy (non-hydrogen) atoms. The van der Waals surface area contributed by atoms with E-state index in [1.54, 1.807) is 25.1 Å². The number of hydrogen-bond acceptors (Lipinski definition) is 4. The summed E-state index contributed by atoms with van der Waals surface area (Å²) in [5.74, 6) is -1.52. The number of benzene rings is 1. The second-order valence-corrected chi connectivity index (χ2v) is 10.6. The Kier molecular flexibility index (Phi) is 10.5. The zero-order valence-electron chi connectivity index (χ0n) is 22.2. The number of aliphatic carboxylic acids is 1. The number of carboxylic acids is 1. The molecule has 1 aromatic rings. The number of nitrogens with zero attached hydrogens (tertiary/aromatic N) is 1. The molecule has 0 bridgehead atoms. The van der Waals surface area contributed by atoms with E-state index < -0.39 is 28.9 Å². The number of carbonyl (C=O) groups is 3. The van der Waals surface area contributed by atoms with E-state index in [1.165, 1.54) is 6.92 Å². The second kappa shape index (κ2) is 12.2. The topological polar surface area (TPSA) is 98.7 Å². The molecule has 3 atom stereocenters. The van der Waals surface area contributed by atoms with E-state index in [2.05, 4.69) is 10.6 Å². The third kappa shape index (κ3) is 7.42. The smallest absolute Gasteiger partial charge is 0.331 e. The predicted molar refractivity (Wildman–Crippen MR) is 137 cm³/mol. The first-order valence-corrected chi connectivity index (χ1v) is 11.9. The van der Waals surface area contributed by atoms with Crippen molar-refractivity contribution in [3.63, 3.8) is 0 Å². The minimum Gasteiger partial charge on any atom is -0.478 e. The van der Waals surface area contributed by atoms with Crippen LogP contribution in [0, 0.1) is 5.41 Å². The first kappa shape index (κ1) is 29.4. The number of likely N-dealkylation sites (N-methyl/N-ethyl adjacent to an activating group) is 2. The first-order valence-electron chi connectivity index (χ1n) is 11.9. The van der Waals surface area contributed by atoms with Crippen molar-refractivity contribution < 1.29 is 19.5 Å². The lowest BCUT2D eigenvalue weighted by atomic mass is 9.76. The summed E-state index contributed by atoms with van der Waals surface area (Å²) in [4.78, 5) is 40.1. The maximum Gasteiger partial charge on any atom is 0.331 e. The van der Waals surface area contributed by atoms with Crippen LogP contribution in [0.4, 0.5) is 0 Å². The van der Waals surface area contributed by atoms with Crippen LogP contribution in [0.2, 0.25) is 0 Å². The van der Waals surface area contributed by atoms with Crippen molar-refractivity contribution in [2.24, 2.45) is 5.41 Å². The average molecular weight is 474 g/mol. The van der Waals surface area contributed by atoms with Gasteiger partial charge in [-0.1, -0.05) is 84.4 Å². The SMILES string of the molecule is CCC[C@@H](/C=C(\C)C(=O)O)N(C)C(=O)[C@@H](NC(=O)[C@@H](NC)C(C)(C)c1ccccc1)C(C)(C)C. The minimum atomic E-state index is -1.01. The van der Waals surface area contributed by atoms with Gasteiger partial charge in [-0.25, -0.2) is 4.79 Å². The summed E-state index contributed by atoms with van der Waals surface area (Å²) in [6, 6.07) is 8.07. The van der Waals surface area contributed by atoms with Crippen LogP contribution in [0.15, 0.2) is 42.0 Å². The molecule has 0 radical (unpaired) electrons. The van der Waals surface area contributed by atoms with E-state index in [1.807, 2.05) is 71.9 Å². The van der Waals surface area contributed by atoms with Crippen molar-refractivity contribution in [2.45, 2.75) is 84.8 Å². The number of amides is 2. The van der Waals surface area contributed by atoms with Crippen LogP contribution in [0.3, 0.4) is 0 Å². The zero-order chi connectivity index (χ0) is 26.3. The van der Waals surface area contributed by atoms with E-state index >= 15 is 0 Å². The highest BCUT2D eigenvalue weighted by molar-refractivity contribution is 5.91. The number of carbonyl (C=O) groups excluding carboxylic acids is 2. The maximum absolute atomic E-state index is 13.6. The van der Waals surface area contributed by atoms with E-state index in [0.29, 0.717) is 6.42 Å². The minimum absolute atomic E-state index is 0.189. The Morgan fingerprint density at radius 3 is 2.06 bits per heavy atom. The quantitative estimate of drug-likeness (QED) is 0.425. The number of carboxylic acid groups (broad SMARTS) is 1. The van der Waals surface area contributed by atoms with Crippen LogP contribution in [0.25, 0.3) is 0 Å². The Balaban J connectivity index is 3.26. The normalized spacial score (nSPS) is 15.3. The standard InChI is InChI=1S/C27H43N3O4/c1-10-14-20(17-18(2)25(33)34)30(9)24(32)22(26(3,4)5)29-23(31)21(28-8)27(6,7)19-15-12-11-13-16-19/h11-13,15-17,20-22,28H,10,14H2,1-9H3,(H,29,31)(H,33,34)/b18-17+/t20-,21+,22+/m0/s1. The molecule has 0 unspecified atom stereocenters. The number of nitrogens with one attached hydrogen (secondary N) is 2. The van der Waals surface area contributed by atoms with E-state index in [4.69, 9.17) is 0 Å². The third-order valence-electron chi connectivity index (χ3n) is 6.40. The van der Waals surface area contributed by atoms with Crippen LogP contribution in [-0.4, -0.2) is 60.0 Å². The number of hydrogen-bond donors (Lipinski definition) is 3. The van der Waals surface area contributed by atoms with Gasteiger partial charge in [-0.15, -0.1) is 0 Å². The van der Waals surface area contributed by atoms with Crippen molar-refractivity contribution in [3.8, 4) is 0 Å². The highest BCUT2D eigenvalue weighted by atomic mass is 16.4. The van der Waals surface area contributed by atoms with Crippen LogP contribution >= 0.6 is 0 Å². The van der Waals surface area contributed by atoms with Crippen LogP contribution in [-0.2, 0) is 19.8 Å². The fourth-order valence-corrected chi connectivity index (χ4v) is 4.14. The molecule has 0 heterocycles. The molecule has 1 aromatic carbocycles. The molecule has 1 rings (SSSR count). The molecule has 0 saturated carbocycles. The fourth-order valence-electron chi connectivity index (χ4n) is 4.14. The summed E-state index contributed by atoms with van der Waals surface area (Å²) in [6.07, 6.45) is 3.02. The van der Waals surface area contributed by atoms with E-state index in [9.17, 15) is 19.5 Å². The fraction of sp³-hybridized carbons (Fsp3) is 0.593. The summed E-state index contributed by atoms with van der Waals surface area (Å²) < 4.78 is 0. The van der Waals surface area contributed by atoms with Gasteiger partial charge in [-0.3, -0.25) is 9.59 Å². The molecule has 3 N–H and O–H groups in total. The molecule has 0 fully saturated rings. The van der Waals surface area contributed by atoms with Crippen LogP contribution in [0.1, 0.15) is 66.9 Å². The molecular weight excluding hydrogens is 430 g/mol. The van der Waals surface area contributed by atoms with E-state index in [0.717, 1.165) is 12.0 Å². The molecule has 2 amide bonds. The summed E-state index contributed by atoms with van der Waals surface area (Å²) in [6.45, 7) is 13.2. The molecule has 0 aliphatic rings. The number of rotatable bonds is 11. The zero-order valence-corrected chi connectivity index (χ0v) is 22.2. The lowest BCUT2D eigenvalue weighted by Crippen LogP contribution is -2.61. The van der Waals surface area contributed by atoms with E-state index in [-0.39, 0.29) is 23.4 Å². The maximum atomic E-state index is 13.6. The molecule has 0 aromatic heterocycles. The van der Waals surface area contributed by atoms with Gasteiger partial charge in [0.05, 0.1) is 12.1 Å². The summed E-state index contributed by atoms with van der Waals surface area (Å²) >= 11 is 0. The average Bonchev–Trinajstić information content (AvgIpc) is 2.76. The van der Waals surface area contributed by atoms with Gasteiger partial charge >= 0.3 is 5.97 Å². The highest BCUT2D eigenvalue weighted by Crippen LogP contribution is 2.28. The summed E-state index contributed by atoms with van der Waals surface area (Å²) in [5.41, 5.74) is 0.120. The molecule has 7 nitrogen and oxygen atoms in total. The van der Waals surface area contributed by atoms with Crippen molar-refractivity contribution in [1.82, 2.24) is 15.5 Å². The molecule has 0 saturated heterocycles. The molecule has 0 aliphatic carbocycles. The monoisotopic (exact) mass is 473 g/mol.